The first-order chi connectivity index (χ1) is 7.78. The second kappa shape index (κ2) is 5.31. The molecular weight excluding hydrogens is 245 g/mol. The van der Waals surface area contributed by atoms with Crippen LogP contribution in [0.25, 0.3) is 0 Å². The lowest BCUT2D eigenvalue weighted by Crippen LogP contribution is -2.17. The minimum absolute atomic E-state index is 0.333. The molecule has 0 radical (unpaired) electrons. The summed E-state index contributed by atoms with van der Waals surface area (Å²) in [6.45, 7) is 0. The van der Waals surface area contributed by atoms with Crippen molar-refractivity contribution in [1.82, 2.24) is 0 Å². The molecule has 1 atom stereocenters. The third kappa shape index (κ3) is 4.99. The Hall–Kier alpha value is -1.37. The molecule has 17 heavy (non-hydrogen) atoms. The molecule has 0 aliphatic carbocycles. The fraction of sp³-hybridized carbons (Fsp3) is 0.400. The molecule has 1 aromatic rings. The lowest BCUT2D eigenvalue weighted by atomic mass is 10.1. The Morgan fingerprint density at radius 2 is 1.65 bits per heavy atom. The summed E-state index contributed by atoms with van der Waals surface area (Å²) >= 11 is 0. The molecular formula is C10H10F5NO. The highest BCUT2D eigenvalue weighted by atomic mass is 19.4. The van der Waals surface area contributed by atoms with Crippen molar-refractivity contribution in [3.63, 3.8) is 0 Å². The van der Waals surface area contributed by atoms with Crippen LogP contribution in [0.3, 0.4) is 0 Å². The number of nitrogens with two attached hydrogens (primary N) is 1. The fourth-order valence-corrected chi connectivity index (χ4v) is 1.24. The van der Waals surface area contributed by atoms with E-state index in [1.807, 2.05) is 0 Å². The molecule has 0 spiro atoms. The number of rotatable bonds is 4. The van der Waals surface area contributed by atoms with Crippen LogP contribution in [0.1, 0.15) is 18.0 Å². The Balaban J connectivity index is 2.67. The lowest BCUT2D eigenvalue weighted by molar-refractivity contribution is -0.274. The largest absolute Gasteiger partial charge is 0.573 e. The van der Waals surface area contributed by atoms with Crippen LogP contribution >= 0.6 is 0 Å². The van der Waals surface area contributed by atoms with E-state index < -0.39 is 31.0 Å². The molecule has 0 saturated heterocycles. The maximum absolute atomic E-state index is 12.0. The van der Waals surface area contributed by atoms with Gasteiger partial charge in [0, 0.05) is 12.5 Å². The van der Waals surface area contributed by atoms with Crippen LogP contribution in [0.15, 0.2) is 24.3 Å². The first kappa shape index (κ1) is 13.7. The fourth-order valence-electron chi connectivity index (χ4n) is 1.24. The molecule has 1 aromatic carbocycles. The Labute approximate surface area is 94.2 Å². The zero-order valence-electron chi connectivity index (χ0n) is 8.55. The summed E-state index contributed by atoms with van der Waals surface area (Å²) in [5, 5.41) is 0. The molecule has 2 nitrogen and oxygen atoms in total. The molecule has 1 rings (SSSR count). The Bertz CT molecular complexity index is 349. The minimum atomic E-state index is -4.77. The second-order valence-electron chi connectivity index (χ2n) is 3.35. The topological polar surface area (TPSA) is 35.2 Å². The monoisotopic (exact) mass is 255 g/mol. The number of ether oxygens (including phenoxy) is 1. The van der Waals surface area contributed by atoms with Gasteiger partial charge in [-0.05, 0) is 17.7 Å². The van der Waals surface area contributed by atoms with Crippen LogP contribution in [0.5, 0.6) is 5.75 Å². The van der Waals surface area contributed by atoms with Crippen LogP contribution in [0.2, 0.25) is 0 Å². The zero-order chi connectivity index (χ0) is 13.1. The first-order valence-corrected chi connectivity index (χ1v) is 4.67. The van der Waals surface area contributed by atoms with E-state index in [1.165, 1.54) is 12.1 Å². The van der Waals surface area contributed by atoms with E-state index in [-0.39, 0.29) is 0 Å². The summed E-state index contributed by atoms with van der Waals surface area (Å²) in [6, 6.07) is 3.62. The average Bonchev–Trinajstić information content (AvgIpc) is 2.15. The molecule has 0 heterocycles. The van der Waals surface area contributed by atoms with Gasteiger partial charge in [0.1, 0.15) is 5.75 Å². The van der Waals surface area contributed by atoms with Crippen LogP contribution in [-0.4, -0.2) is 12.8 Å². The van der Waals surface area contributed by atoms with Crippen molar-refractivity contribution in [2.45, 2.75) is 25.3 Å². The molecule has 0 aliphatic rings. The summed E-state index contributed by atoms with van der Waals surface area (Å²) in [4.78, 5) is 0. The summed E-state index contributed by atoms with van der Waals surface area (Å²) in [6.07, 6.45) is -7.87. The predicted octanol–water partition coefficient (Wildman–Crippen LogP) is 3.24. The smallest absolute Gasteiger partial charge is 0.406 e. The highest BCUT2D eigenvalue weighted by Crippen LogP contribution is 2.25. The van der Waals surface area contributed by atoms with Gasteiger partial charge in [-0.1, -0.05) is 12.1 Å². The van der Waals surface area contributed by atoms with Crippen LogP contribution in [0.4, 0.5) is 22.0 Å². The second-order valence-corrected chi connectivity index (χ2v) is 3.35. The SMILES string of the molecule is N[C@@H](CC(F)F)c1ccc(OC(F)(F)F)cc1. The molecule has 0 bridgehead atoms. The highest BCUT2D eigenvalue weighted by molar-refractivity contribution is 5.29. The molecule has 7 heteroatoms. The maximum atomic E-state index is 12.0. The predicted molar refractivity (Wildman–Crippen MR) is 50.7 cm³/mol. The Morgan fingerprint density at radius 1 is 1.12 bits per heavy atom. The number of hydrogen-bond donors (Lipinski definition) is 1. The van der Waals surface area contributed by atoms with Crippen molar-refractivity contribution in [2.24, 2.45) is 5.73 Å². The molecule has 2 N–H and O–H groups in total. The Morgan fingerprint density at radius 3 is 2.06 bits per heavy atom. The maximum Gasteiger partial charge on any atom is 0.573 e. The van der Waals surface area contributed by atoms with Gasteiger partial charge in [-0.25, -0.2) is 8.78 Å². The van der Waals surface area contributed by atoms with Crippen molar-refractivity contribution < 1.29 is 26.7 Å². The van der Waals surface area contributed by atoms with Crippen molar-refractivity contribution >= 4 is 0 Å². The van der Waals surface area contributed by atoms with Gasteiger partial charge in [-0.2, -0.15) is 0 Å². The van der Waals surface area contributed by atoms with Gasteiger partial charge in [0.15, 0.2) is 0 Å². The number of hydrogen-bond acceptors (Lipinski definition) is 2. The van der Waals surface area contributed by atoms with Crippen LogP contribution in [0, 0.1) is 0 Å². The van der Waals surface area contributed by atoms with E-state index in [2.05, 4.69) is 4.74 Å². The standard InChI is InChI=1S/C10H10F5NO/c11-9(12)5-8(16)6-1-3-7(4-2-6)17-10(13,14)15/h1-4,8-9H,5,16H2/t8-/m0/s1. The van der Waals surface area contributed by atoms with Gasteiger partial charge in [0.25, 0.3) is 0 Å². The summed E-state index contributed by atoms with van der Waals surface area (Å²) in [7, 11) is 0. The number of halogens is 5. The van der Waals surface area contributed by atoms with Gasteiger partial charge >= 0.3 is 6.36 Å². The molecule has 0 fully saturated rings. The Kier molecular flexibility index (Phi) is 4.28. The van der Waals surface area contributed by atoms with Gasteiger partial charge in [-0.3, -0.25) is 0 Å². The van der Waals surface area contributed by atoms with Gasteiger partial charge in [0.05, 0.1) is 0 Å². The van der Waals surface area contributed by atoms with Gasteiger partial charge < -0.3 is 10.5 Å². The number of benzene rings is 1. The van der Waals surface area contributed by atoms with Gasteiger partial charge in [0.2, 0.25) is 6.43 Å². The van der Waals surface area contributed by atoms with E-state index in [9.17, 15) is 22.0 Å². The lowest BCUT2D eigenvalue weighted by Gasteiger charge is -2.13. The normalized spacial score (nSPS) is 13.8. The molecule has 0 aliphatic heterocycles. The first-order valence-electron chi connectivity index (χ1n) is 4.67. The van der Waals surface area contributed by atoms with Crippen molar-refractivity contribution in [2.75, 3.05) is 0 Å². The van der Waals surface area contributed by atoms with E-state index in [4.69, 9.17) is 5.73 Å². The summed E-state index contributed by atoms with van der Waals surface area (Å²) < 4.78 is 63.1. The summed E-state index contributed by atoms with van der Waals surface area (Å²) in [5.41, 5.74) is 5.76. The molecule has 0 amide bonds. The number of alkyl halides is 5. The summed E-state index contributed by atoms with van der Waals surface area (Å²) in [5.74, 6) is -0.412. The van der Waals surface area contributed by atoms with E-state index in [0.717, 1.165) is 12.1 Å². The third-order valence-electron chi connectivity index (χ3n) is 1.97. The van der Waals surface area contributed by atoms with Crippen LogP contribution < -0.4 is 10.5 Å². The molecule has 0 aromatic heterocycles. The van der Waals surface area contributed by atoms with E-state index in [1.54, 1.807) is 0 Å². The molecule has 0 unspecified atom stereocenters. The quantitative estimate of drug-likeness (QED) is 0.838. The third-order valence-corrected chi connectivity index (χ3v) is 1.97. The van der Waals surface area contributed by atoms with E-state index >= 15 is 0 Å². The van der Waals surface area contributed by atoms with Crippen LogP contribution in [-0.2, 0) is 0 Å². The minimum Gasteiger partial charge on any atom is -0.406 e. The highest BCUT2D eigenvalue weighted by Gasteiger charge is 2.31. The van der Waals surface area contributed by atoms with Crippen molar-refractivity contribution in [3.05, 3.63) is 29.8 Å². The molecule has 96 valence electrons. The van der Waals surface area contributed by atoms with Gasteiger partial charge in [-0.15, -0.1) is 13.2 Å². The molecule has 0 saturated carbocycles. The zero-order valence-corrected chi connectivity index (χ0v) is 8.55. The van der Waals surface area contributed by atoms with Crippen molar-refractivity contribution in [1.29, 1.82) is 0 Å². The van der Waals surface area contributed by atoms with E-state index in [0.29, 0.717) is 5.56 Å². The van der Waals surface area contributed by atoms with Crippen molar-refractivity contribution in [3.8, 4) is 5.75 Å². The average molecular weight is 255 g/mol.